The number of hydrogen-bond acceptors (Lipinski definition) is 2. The average molecular weight is 291 g/mol. The first-order chi connectivity index (χ1) is 10.3. The van der Waals surface area contributed by atoms with Crippen LogP contribution >= 0.6 is 0 Å². The number of carbonyl (C=O) groups excluding carboxylic acids is 1. The van der Waals surface area contributed by atoms with E-state index in [2.05, 4.69) is 4.90 Å². The van der Waals surface area contributed by atoms with Gasteiger partial charge in [0.2, 0.25) is 5.91 Å². The van der Waals surface area contributed by atoms with Crippen LogP contribution in [0.15, 0.2) is 22.8 Å². The van der Waals surface area contributed by atoms with Gasteiger partial charge in [-0.15, -0.1) is 0 Å². The lowest BCUT2D eigenvalue weighted by molar-refractivity contribution is -0.922. The van der Waals surface area contributed by atoms with Crippen LogP contribution in [0.1, 0.15) is 44.3 Å². The molecule has 2 atom stereocenters. The maximum atomic E-state index is 12.7. The van der Waals surface area contributed by atoms with Crippen LogP contribution in [-0.4, -0.2) is 37.0 Å². The van der Waals surface area contributed by atoms with Crippen molar-refractivity contribution in [2.45, 2.75) is 45.1 Å². The van der Waals surface area contributed by atoms with E-state index >= 15 is 0 Å². The molecule has 3 heterocycles. The molecule has 0 aliphatic carbocycles. The predicted molar refractivity (Wildman–Crippen MR) is 80.9 cm³/mol. The molecule has 2 fully saturated rings. The molecule has 1 amide bonds. The van der Waals surface area contributed by atoms with Gasteiger partial charge in [-0.3, -0.25) is 4.79 Å². The molecular weight excluding hydrogens is 264 g/mol. The van der Waals surface area contributed by atoms with E-state index in [1.165, 1.54) is 30.6 Å². The second kappa shape index (κ2) is 7.12. The summed E-state index contributed by atoms with van der Waals surface area (Å²) in [5.74, 6) is 1.67. The molecule has 3 rings (SSSR count). The summed E-state index contributed by atoms with van der Waals surface area (Å²) < 4.78 is 5.45. The minimum atomic E-state index is 0.224. The highest BCUT2D eigenvalue weighted by molar-refractivity contribution is 5.79. The maximum Gasteiger partial charge on any atom is 0.231 e. The first-order valence-electron chi connectivity index (χ1n) is 8.47. The van der Waals surface area contributed by atoms with E-state index < -0.39 is 0 Å². The summed E-state index contributed by atoms with van der Waals surface area (Å²) in [6.07, 6.45) is 8.88. The highest BCUT2D eigenvalue weighted by Gasteiger charge is 2.32. The zero-order valence-corrected chi connectivity index (χ0v) is 12.9. The third-order valence-corrected chi connectivity index (χ3v) is 4.89. The minimum absolute atomic E-state index is 0.224. The Morgan fingerprint density at radius 1 is 1.24 bits per heavy atom. The summed E-state index contributed by atoms with van der Waals surface area (Å²) in [6, 6.07) is 3.98. The molecule has 1 aromatic heterocycles. The normalized spacial score (nSPS) is 27.3. The fourth-order valence-corrected chi connectivity index (χ4v) is 3.73. The van der Waals surface area contributed by atoms with Crippen LogP contribution in [0.3, 0.4) is 0 Å². The molecule has 2 aliphatic rings. The van der Waals surface area contributed by atoms with Crippen molar-refractivity contribution >= 4 is 5.91 Å². The number of rotatable bonds is 3. The number of nitrogens with one attached hydrogen (secondary N) is 1. The number of carbonyl (C=O) groups is 1. The van der Waals surface area contributed by atoms with Crippen molar-refractivity contribution in [1.82, 2.24) is 4.90 Å². The smallest absolute Gasteiger partial charge is 0.231 e. The van der Waals surface area contributed by atoms with Crippen molar-refractivity contribution in [2.75, 3.05) is 26.2 Å². The summed E-state index contributed by atoms with van der Waals surface area (Å²) in [5.41, 5.74) is 0. The third-order valence-electron chi connectivity index (χ3n) is 4.89. The zero-order valence-electron chi connectivity index (χ0n) is 12.9. The number of likely N-dealkylation sites (tertiary alicyclic amines) is 2. The first-order valence-corrected chi connectivity index (χ1v) is 8.47. The molecular formula is C17H27N2O2+. The second-order valence-electron chi connectivity index (χ2n) is 6.54. The van der Waals surface area contributed by atoms with E-state index in [-0.39, 0.29) is 5.92 Å². The van der Waals surface area contributed by atoms with Crippen LogP contribution < -0.4 is 4.90 Å². The minimum Gasteiger partial charge on any atom is -0.463 e. The SMILES string of the molecule is O=C([C@H]1CCC[NH+](Cc2ccco2)C1)N1CCCCCC1. The Bertz CT molecular complexity index is 436. The molecule has 116 valence electrons. The molecule has 1 N–H and O–H groups in total. The Labute approximate surface area is 127 Å². The third kappa shape index (κ3) is 3.88. The van der Waals surface area contributed by atoms with Crippen LogP contribution in [-0.2, 0) is 11.3 Å². The van der Waals surface area contributed by atoms with Crippen molar-refractivity contribution in [3.63, 3.8) is 0 Å². The lowest BCUT2D eigenvalue weighted by Gasteiger charge is -2.32. The van der Waals surface area contributed by atoms with Gasteiger partial charge in [0.25, 0.3) is 0 Å². The predicted octanol–water partition coefficient (Wildman–Crippen LogP) is 1.48. The highest BCUT2D eigenvalue weighted by atomic mass is 16.3. The maximum absolute atomic E-state index is 12.7. The molecule has 0 radical (unpaired) electrons. The van der Waals surface area contributed by atoms with Crippen LogP contribution in [0.2, 0.25) is 0 Å². The molecule has 2 aliphatic heterocycles. The van der Waals surface area contributed by atoms with Gasteiger partial charge in [0.15, 0.2) is 5.76 Å². The molecule has 1 aromatic rings. The summed E-state index contributed by atoms with van der Waals surface area (Å²) >= 11 is 0. The standard InChI is InChI=1S/C17H26N2O2/c20-17(19-10-3-1-2-4-11-19)15-7-5-9-18(13-15)14-16-8-6-12-21-16/h6,8,12,15H,1-5,7,9-11,13-14H2/p+1/t15-/m0/s1. The lowest BCUT2D eigenvalue weighted by Crippen LogP contribution is -3.12. The van der Waals surface area contributed by atoms with Crippen LogP contribution in [0, 0.1) is 5.92 Å². The van der Waals surface area contributed by atoms with Gasteiger partial charge in [0.05, 0.1) is 25.3 Å². The van der Waals surface area contributed by atoms with Gasteiger partial charge >= 0.3 is 0 Å². The van der Waals surface area contributed by atoms with Crippen LogP contribution in [0.4, 0.5) is 0 Å². The number of furan rings is 1. The molecule has 4 nitrogen and oxygen atoms in total. The Morgan fingerprint density at radius 2 is 2.05 bits per heavy atom. The van der Waals surface area contributed by atoms with Gasteiger partial charge in [-0.25, -0.2) is 0 Å². The molecule has 0 bridgehead atoms. The zero-order chi connectivity index (χ0) is 14.5. The van der Waals surface area contributed by atoms with Gasteiger partial charge in [-0.1, -0.05) is 12.8 Å². The van der Waals surface area contributed by atoms with E-state index in [9.17, 15) is 4.79 Å². The topological polar surface area (TPSA) is 37.9 Å². The summed E-state index contributed by atoms with van der Waals surface area (Å²) in [4.78, 5) is 16.4. The van der Waals surface area contributed by atoms with Crippen molar-refractivity contribution in [3.05, 3.63) is 24.2 Å². The van der Waals surface area contributed by atoms with Crippen LogP contribution in [0.5, 0.6) is 0 Å². The Morgan fingerprint density at radius 3 is 2.76 bits per heavy atom. The van der Waals surface area contributed by atoms with Gasteiger partial charge in [0, 0.05) is 13.1 Å². The summed E-state index contributed by atoms with van der Waals surface area (Å²) in [5, 5.41) is 0. The molecule has 21 heavy (non-hydrogen) atoms. The highest BCUT2D eigenvalue weighted by Crippen LogP contribution is 2.16. The largest absolute Gasteiger partial charge is 0.463 e. The van der Waals surface area contributed by atoms with Gasteiger partial charge in [0.1, 0.15) is 6.54 Å². The van der Waals surface area contributed by atoms with Gasteiger partial charge in [-0.05, 0) is 37.8 Å². The number of quaternary nitrogens is 1. The summed E-state index contributed by atoms with van der Waals surface area (Å²) in [6.45, 7) is 4.99. The van der Waals surface area contributed by atoms with E-state index in [1.807, 2.05) is 12.1 Å². The summed E-state index contributed by atoms with van der Waals surface area (Å²) in [7, 11) is 0. The van der Waals surface area contributed by atoms with Gasteiger partial charge in [-0.2, -0.15) is 0 Å². The lowest BCUT2D eigenvalue weighted by atomic mass is 9.96. The molecule has 4 heteroatoms. The van der Waals surface area contributed by atoms with Crippen LogP contribution in [0.25, 0.3) is 0 Å². The van der Waals surface area contributed by atoms with Crippen molar-refractivity contribution in [1.29, 1.82) is 0 Å². The van der Waals surface area contributed by atoms with Crippen molar-refractivity contribution in [3.8, 4) is 0 Å². The quantitative estimate of drug-likeness (QED) is 0.916. The number of amides is 1. The number of piperidine rings is 1. The van der Waals surface area contributed by atoms with E-state index in [0.717, 1.165) is 51.3 Å². The number of nitrogens with zero attached hydrogens (tertiary/aromatic N) is 1. The van der Waals surface area contributed by atoms with Crippen molar-refractivity contribution < 1.29 is 14.1 Å². The molecule has 2 saturated heterocycles. The Balaban J connectivity index is 1.55. The second-order valence-corrected chi connectivity index (χ2v) is 6.54. The van der Waals surface area contributed by atoms with E-state index in [4.69, 9.17) is 4.42 Å². The Kier molecular flexibility index (Phi) is 4.96. The first kappa shape index (κ1) is 14.6. The van der Waals surface area contributed by atoms with Crippen molar-refractivity contribution in [2.24, 2.45) is 5.92 Å². The van der Waals surface area contributed by atoms with Gasteiger partial charge < -0.3 is 14.2 Å². The fraction of sp³-hybridized carbons (Fsp3) is 0.706. The fourth-order valence-electron chi connectivity index (χ4n) is 3.73. The number of hydrogen-bond donors (Lipinski definition) is 1. The van der Waals surface area contributed by atoms with E-state index in [1.54, 1.807) is 6.26 Å². The average Bonchev–Trinajstić information content (AvgIpc) is 2.87. The van der Waals surface area contributed by atoms with E-state index in [0.29, 0.717) is 5.91 Å². The molecule has 0 spiro atoms. The molecule has 0 aromatic carbocycles. The molecule has 1 unspecified atom stereocenters. The Hall–Kier alpha value is -1.29. The molecule has 0 saturated carbocycles. The monoisotopic (exact) mass is 291 g/mol.